The van der Waals surface area contributed by atoms with Crippen molar-refractivity contribution in [1.29, 1.82) is 0 Å². The van der Waals surface area contributed by atoms with Crippen LogP contribution in [-0.4, -0.2) is 57.7 Å². The lowest BCUT2D eigenvalue weighted by atomic mass is 10.2. The van der Waals surface area contributed by atoms with Gasteiger partial charge in [-0.1, -0.05) is 18.2 Å². The zero-order chi connectivity index (χ0) is 19.5. The highest BCUT2D eigenvalue weighted by atomic mass is 16.5. The summed E-state index contributed by atoms with van der Waals surface area (Å²) >= 11 is 0. The molecule has 0 atom stereocenters. The summed E-state index contributed by atoms with van der Waals surface area (Å²) in [5.41, 5.74) is 2.17. The molecule has 0 unspecified atom stereocenters. The molecule has 0 bridgehead atoms. The molecule has 3 heterocycles. The van der Waals surface area contributed by atoms with Crippen LogP contribution in [0.1, 0.15) is 23.3 Å². The molecule has 4 rings (SSSR count). The van der Waals surface area contributed by atoms with Gasteiger partial charge in [0.2, 0.25) is 5.88 Å². The second-order valence-electron chi connectivity index (χ2n) is 6.76. The molecule has 0 N–H and O–H groups in total. The summed E-state index contributed by atoms with van der Waals surface area (Å²) < 4.78 is 7.08. The van der Waals surface area contributed by atoms with Gasteiger partial charge in [0.25, 0.3) is 5.91 Å². The van der Waals surface area contributed by atoms with E-state index in [9.17, 15) is 4.79 Å². The van der Waals surface area contributed by atoms with E-state index in [1.165, 1.54) is 0 Å². The van der Waals surface area contributed by atoms with Crippen molar-refractivity contribution in [2.45, 2.75) is 12.8 Å². The minimum Gasteiger partial charge on any atom is -0.481 e. The predicted octanol–water partition coefficient (Wildman–Crippen LogP) is 3.03. The summed E-state index contributed by atoms with van der Waals surface area (Å²) in [6, 6.07) is 13.6. The lowest BCUT2D eigenvalue weighted by molar-refractivity contribution is -0.0118. The van der Waals surface area contributed by atoms with Crippen molar-refractivity contribution in [2.75, 3.05) is 27.2 Å². The summed E-state index contributed by atoms with van der Waals surface area (Å²) in [5, 5.41) is 3.75. The average Bonchev–Trinajstić information content (AvgIpc) is 3.20. The van der Waals surface area contributed by atoms with Gasteiger partial charge in [-0.05, 0) is 31.0 Å². The molecule has 2 aromatic heterocycles. The Morgan fingerprint density at radius 3 is 2.54 bits per heavy atom. The maximum atomic E-state index is 13.1. The number of methoxy groups -OCH3 is 1. The average molecular weight is 377 g/mol. The van der Waals surface area contributed by atoms with E-state index in [0.717, 1.165) is 30.6 Å². The van der Waals surface area contributed by atoms with Crippen molar-refractivity contribution in [3.05, 3.63) is 60.6 Å². The Bertz CT molecular complexity index is 953. The number of carbonyl (C=O) groups excluding carboxylic acids is 1. The second kappa shape index (κ2) is 7.82. The minimum absolute atomic E-state index is 0.0837. The van der Waals surface area contributed by atoms with Crippen LogP contribution >= 0.6 is 0 Å². The number of benzene rings is 1. The van der Waals surface area contributed by atoms with Crippen molar-refractivity contribution >= 4 is 5.91 Å². The number of pyridine rings is 1. The zero-order valence-corrected chi connectivity index (χ0v) is 16.1. The molecule has 0 saturated carbocycles. The summed E-state index contributed by atoms with van der Waals surface area (Å²) in [5.74, 6) is 1.12. The van der Waals surface area contributed by atoms with Gasteiger partial charge in [0, 0.05) is 49.8 Å². The number of carbonyl (C=O) groups is 1. The summed E-state index contributed by atoms with van der Waals surface area (Å²) in [7, 11) is 3.53. The Balaban J connectivity index is 1.76. The molecular formula is C21H23N5O2. The van der Waals surface area contributed by atoms with Gasteiger partial charge in [-0.2, -0.15) is 0 Å². The van der Waals surface area contributed by atoms with Crippen molar-refractivity contribution < 1.29 is 9.53 Å². The SMILES string of the molecule is COc1ccc(-c2nc(C(=O)N3CCCCN3C)cn2-c2ccccc2)cn1. The summed E-state index contributed by atoms with van der Waals surface area (Å²) in [6.45, 7) is 1.59. The Morgan fingerprint density at radius 1 is 1.07 bits per heavy atom. The largest absolute Gasteiger partial charge is 0.481 e. The molecule has 7 heteroatoms. The van der Waals surface area contributed by atoms with Crippen molar-refractivity contribution in [1.82, 2.24) is 24.6 Å². The highest BCUT2D eigenvalue weighted by Gasteiger charge is 2.26. The molecule has 7 nitrogen and oxygen atoms in total. The molecule has 1 saturated heterocycles. The van der Waals surface area contributed by atoms with Crippen molar-refractivity contribution in [3.8, 4) is 23.0 Å². The maximum absolute atomic E-state index is 13.1. The number of nitrogens with zero attached hydrogens (tertiary/aromatic N) is 5. The van der Waals surface area contributed by atoms with Crippen LogP contribution < -0.4 is 4.74 Å². The molecule has 3 aromatic rings. The molecule has 1 fully saturated rings. The van der Waals surface area contributed by atoms with Gasteiger partial charge in [-0.3, -0.25) is 14.4 Å². The molecule has 0 radical (unpaired) electrons. The van der Waals surface area contributed by atoms with Crippen molar-refractivity contribution in [3.63, 3.8) is 0 Å². The van der Waals surface area contributed by atoms with E-state index in [2.05, 4.69) is 9.97 Å². The fourth-order valence-electron chi connectivity index (χ4n) is 3.39. The number of hydrazine groups is 1. The number of rotatable bonds is 4. The van der Waals surface area contributed by atoms with Crippen LogP contribution in [0.3, 0.4) is 0 Å². The topological polar surface area (TPSA) is 63.5 Å². The maximum Gasteiger partial charge on any atom is 0.288 e. The number of amides is 1. The highest BCUT2D eigenvalue weighted by Crippen LogP contribution is 2.25. The fraction of sp³-hybridized carbons (Fsp3) is 0.286. The van der Waals surface area contributed by atoms with Crippen LogP contribution in [0.5, 0.6) is 5.88 Å². The lowest BCUT2D eigenvalue weighted by Gasteiger charge is -2.35. The Kier molecular flexibility index (Phi) is 5.08. The van der Waals surface area contributed by atoms with Crippen LogP contribution in [0.2, 0.25) is 0 Å². The van der Waals surface area contributed by atoms with Gasteiger partial charge in [0.1, 0.15) is 11.5 Å². The fourth-order valence-corrected chi connectivity index (χ4v) is 3.39. The molecule has 144 valence electrons. The normalized spacial score (nSPS) is 14.9. The van der Waals surface area contributed by atoms with Crippen LogP contribution in [0.25, 0.3) is 17.1 Å². The Hall–Kier alpha value is -3.19. The molecule has 1 aromatic carbocycles. The molecule has 1 amide bonds. The van der Waals surface area contributed by atoms with E-state index in [1.54, 1.807) is 30.6 Å². The molecule has 1 aliphatic rings. The predicted molar refractivity (Wildman–Crippen MR) is 106 cm³/mol. The first-order valence-electron chi connectivity index (χ1n) is 9.35. The summed E-state index contributed by atoms with van der Waals surface area (Å²) in [4.78, 5) is 22.1. The number of ether oxygens (including phenoxy) is 1. The summed E-state index contributed by atoms with van der Waals surface area (Å²) in [6.07, 6.45) is 5.62. The molecule has 0 aliphatic carbocycles. The third kappa shape index (κ3) is 3.48. The van der Waals surface area contributed by atoms with Gasteiger partial charge in [0.05, 0.1) is 7.11 Å². The first-order valence-corrected chi connectivity index (χ1v) is 9.35. The molecule has 0 spiro atoms. The van der Waals surface area contributed by atoms with Gasteiger partial charge < -0.3 is 4.74 Å². The van der Waals surface area contributed by atoms with E-state index in [-0.39, 0.29) is 5.91 Å². The third-order valence-electron chi connectivity index (χ3n) is 4.91. The monoisotopic (exact) mass is 377 g/mol. The zero-order valence-electron chi connectivity index (χ0n) is 16.1. The number of hydrogen-bond acceptors (Lipinski definition) is 5. The van der Waals surface area contributed by atoms with E-state index in [0.29, 0.717) is 23.9 Å². The lowest BCUT2D eigenvalue weighted by Crippen LogP contribution is -2.48. The minimum atomic E-state index is -0.0837. The molecule has 1 aliphatic heterocycles. The van der Waals surface area contributed by atoms with Crippen LogP contribution in [0, 0.1) is 0 Å². The van der Waals surface area contributed by atoms with Gasteiger partial charge in [0.15, 0.2) is 0 Å². The first-order chi connectivity index (χ1) is 13.7. The smallest absolute Gasteiger partial charge is 0.288 e. The van der Waals surface area contributed by atoms with Gasteiger partial charge in [-0.25, -0.2) is 15.0 Å². The Morgan fingerprint density at radius 2 is 1.86 bits per heavy atom. The number of aromatic nitrogens is 3. The van der Waals surface area contributed by atoms with E-state index < -0.39 is 0 Å². The third-order valence-corrected chi connectivity index (χ3v) is 4.91. The van der Waals surface area contributed by atoms with E-state index in [1.807, 2.05) is 53.0 Å². The van der Waals surface area contributed by atoms with Crippen LogP contribution in [0.4, 0.5) is 0 Å². The first kappa shape index (κ1) is 18.2. The van der Waals surface area contributed by atoms with E-state index >= 15 is 0 Å². The highest BCUT2D eigenvalue weighted by molar-refractivity contribution is 5.92. The van der Waals surface area contributed by atoms with Crippen molar-refractivity contribution in [2.24, 2.45) is 0 Å². The Labute approximate surface area is 164 Å². The number of para-hydroxylation sites is 1. The molecular weight excluding hydrogens is 354 g/mol. The molecule has 28 heavy (non-hydrogen) atoms. The second-order valence-corrected chi connectivity index (χ2v) is 6.76. The number of imidazole rings is 1. The van der Waals surface area contributed by atoms with Gasteiger partial charge in [-0.15, -0.1) is 0 Å². The number of hydrogen-bond donors (Lipinski definition) is 0. The standard InChI is InChI=1S/C21H23N5O2/c1-24-12-6-7-13-26(24)21(27)18-15-25(17-8-4-3-5-9-17)20(23-18)16-10-11-19(28-2)22-14-16/h3-5,8-11,14-15H,6-7,12-13H2,1-2H3. The van der Waals surface area contributed by atoms with Crippen LogP contribution in [0.15, 0.2) is 54.9 Å². The quantitative estimate of drug-likeness (QED) is 0.699. The van der Waals surface area contributed by atoms with E-state index in [4.69, 9.17) is 4.74 Å². The van der Waals surface area contributed by atoms with Gasteiger partial charge >= 0.3 is 0 Å². The van der Waals surface area contributed by atoms with Crippen LogP contribution in [-0.2, 0) is 0 Å².